The van der Waals surface area contributed by atoms with Crippen molar-refractivity contribution in [3.05, 3.63) is 35.5 Å². The van der Waals surface area contributed by atoms with E-state index in [-0.39, 0.29) is 5.91 Å². The van der Waals surface area contributed by atoms with Gasteiger partial charge in [-0.3, -0.25) is 14.7 Å². The standard InChI is InChI=1S/C16H21N5OS/c22-15(19-7-10-21-8-5-17-6-9-21)11-13-12-23-16(20-13)14-3-1-2-4-18-14/h1-4,12,17H,5-11H2,(H,19,22). The second kappa shape index (κ2) is 8.14. The number of aromatic nitrogens is 2. The summed E-state index contributed by atoms with van der Waals surface area (Å²) in [6.45, 7) is 5.76. The third kappa shape index (κ3) is 4.82. The monoisotopic (exact) mass is 331 g/mol. The molecule has 3 heterocycles. The van der Waals surface area contributed by atoms with E-state index in [9.17, 15) is 4.79 Å². The zero-order chi connectivity index (χ0) is 15.9. The molecule has 0 saturated carbocycles. The van der Waals surface area contributed by atoms with E-state index >= 15 is 0 Å². The average molecular weight is 331 g/mol. The number of carbonyl (C=O) groups excluding carboxylic acids is 1. The third-order valence-corrected chi connectivity index (χ3v) is 4.65. The lowest BCUT2D eigenvalue weighted by Crippen LogP contribution is -2.46. The summed E-state index contributed by atoms with van der Waals surface area (Å²) in [4.78, 5) is 23.1. The van der Waals surface area contributed by atoms with E-state index in [2.05, 4.69) is 25.5 Å². The molecule has 23 heavy (non-hydrogen) atoms. The fourth-order valence-corrected chi connectivity index (χ4v) is 3.31. The first kappa shape index (κ1) is 16.0. The van der Waals surface area contributed by atoms with Crippen molar-refractivity contribution >= 4 is 17.2 Å². The van der Waals surface area contributed by atoms with Crippen LogP contribution in [-0.4, -0.2) is 60.0 Å². The molecule has 1 saturated heterocycles. The van der Waals surface area contributed by atoms with Crippen LogP contribution in [0.2, 0.25) is 0 Å². The maximum absolute atomic E-state index is 12.0. The van der Waals surface area contributed by atoms with Gasteiger partial charge in [0.05, 0.1) is 17.8 Å². The molecule has 6 nitrogen and oxygen atoms in total. The number of nitrogens with zero attached hydrogens (tertiary/aromatic N) is 3. The van der Waals surface area contributed by atoms with E-state index in [1.807, 2.05) is 23.6 Å². The Morgan fingerprint density at radius 1 is 1.35 bits per heavy atom. The smallest absolute Gasteiger partial charge is 0.226 e. The van der Waals surface area contributed by atoms with Crippen LogP contribution in [0.1, 0.15) is 5.69 Å². The van der Waals surface area contributed by atoms with E-state index in [1.165, 1.54) is 11.3 Å². The molecule has 1 amide bonds. The minimum absolute atomic E-state index is 0.0259. The summed E-state index contributed by atoms with van der Waals surface area (Å²) in [5, 5.41) is 9.08. The van der Waals surface area contributed by atoms with Gasteiger partial charge in [-0.05, 0) is 12.1 Å². The molecule has 0 aliphatic carbocycles. The first-order valence-corrected chi connectivity index (χ1v) is 8.75. The van der Waals surface area contributed by atoms with Crippen molar-refractivity contribution in [2.45, 2.75) is 6.42 Å². The second-order valence-electron chi connectivity index (χ2n) is 5.48. The summed E-state index contributed by atoms with van der Waals surface area (Å²) in [6, 6.07) is 5.74. The molecule has 0 unspecified atom stereocenters. The van der Waals surface area contributed by atoms with Crippen LogP contribution in [0.3, 0.4) is 0 Å². The summed E-state index contributed by atoms with van der Waals surface area (Å²) in [7, 11) is 0. The Kier molecular flexibility index (Phi) is 5.68. The number of rotatable bonds is 6. The van der Waals surface area contributed by atoms with Gasteiger partial charge in [0.1, 0.15) is 5.01 Å². The van der Waals surface area contributed by atoms with Crippen molar-refractivity contribution in [1.29, 1.82) is 0 Å². The molecule has 7 heteroatoms. The van der Waals surface area contributed by atoms with Crippen LogP contribution in [0.25, 0.3) is 10.7 Å². The van der Waals surface area contributed by atoms with Crippen LogP contribution in [0, 0.1) is 0 Å². The van der Waals surface area contributed by atoms with Gasteiger partial charge < -0.3 is 10.6 Å². The van der Waals surface area contributed by atoms with Gasteiger partial charge in [-0.25, -0.2) is 4.98 Å². The molecule has 3 rings (SSSR count). The lowest BCUT2D eigenvalue weighted by molar-refractivity contribution is -0.120. The van der Waals surface area contributed by atoms with E-state index < -0.39 is 0 Å². The van der Waals surface area contributed by atoms with Crippen molar-refractivity contribution in [1.82, 2.24) is 25.5 Å². The molecule has 2 aromatic rings. The van der Waals surface area contributed by atoms with Crippen molar-refractivity contribution in [3.8, 4) is 10.7 Å². The predicted octanol–water partition coefficient (Wildman–Crippen LogP) is 0.769. The van der Waals surface area contributed by atoms with Gasteiger partial charge >= 0.3 is 0 Å². The highest BCUT2D eigenvalue weighted by Crippen LogP contribution is 2.21. The zero-order valence-corrected chi connectivity index (χ0v) is 13.8. The highest BCUT2D eigenvalue weighted by molar-refractivity contribution is 7.13. The maximum atomic E-state index is 12.0. The highest BCUT2D eigenvalue weighted by atomic mass is 32.1. The minimum Gasteiger partial charge on any atom is -0.354 e. The van der Waals surface area contributed by atoms with Gasteiger partial charge in [-0.1, -0.05) is 6.07 Å². The van der Waals surface area contributed by atoms with Crippen LogP contribution < -0.4 is 10.6 Å². The van der Waals surface area contributed by atoms with Gasteiger partial charge in [-0.15, -0.1) is 11.3 Å². The van der Waals surface area contributed by atoms with E-state index in [0.717, 1.165) is 49.1 Å². The number of carbonyl (C=O) groups is 1. The summed E-state index contributed by atoms with van der Waals surface area (Å²) in [5.41, 5.74) is 1.65. The number of amides is 1. The predicted molar refractivity (Wildman–Crippen MR) is 91.4 cm³/mol. The van der Waals surface area contributed by atoms with E-state index in [0.29, 0.717) is 13.0 Å². The van der Waals surface area contributed by atoms with Gasteiger partial charge in [0.2, 0.25) is 5.91 Å². The fraction of sp³-hybridized carbons (Fsp3) is 0.438. The normalized spacial score (nSPS) is 15.5. The molecular formula is C16H21N5OS. The Bertz CT molecular complexity index is 624. The molecule has 0 radical (unpaired) electrons. The molecule has 122 valence electrons. The Morgan fingerprint density at radius 3 is 3.00 bits per heavy atom. The van der Waals surface area contributed by atoms with Crippen molar-refractivity contribution in [3.63, 3.8) is 0 Å². The third-order valence-electron chi connectivity index (χ3n) is 3.74. The first-order valence-electron chi connectivity index (χ1n) is 7.87. The van der Waals surface area contributed by atoms with Gasteiger partial charge in [0.15, 0.2) is 0 Å². The summed E-state index contributed by atoms with van der Waals surface area (Å²) in [6.07, 6.45) is 2.07. The zero-order valence-electron chi connectivity index (χ0n) is 13.0. The minimum atomic E-state index is 0.0259. The molecule has 0 atom stereocenters. The molecule has 1 aliphatic heterocycles. The van der Waals surface area contributed by atoms with E-state index in [4.69, 9.17) is 0 Å². The number of hydrogen-bond donors (Lipinski definition) is 2. The van der Waals surface area contributed by atoms with Crippen molar-refractivity contribution < 1.29 is 4.79 Å². The van der Waals surface area contributed by atoms with Crippen LogP contribution in [-0.2, 0) is 11.2 Å². The Balaban J connectivity index is 1.44. The molecule has 1 aliphatic rings. The number of hydrogen-bond acceptors (Lipinski definition) is 6. The number of nitrogens with one attached hydrogen (secondary N) is 2. The molecule has 2 aromatic heterocycles. The second-order valence-corrected chi connectivity index (χ2v) is 6.34. The number of piperazine rings is 1. The summed E-state index contributed by atoms with van der Waals surface area (Å²) >= 11 is 1.52. The van der Waals surface area contributed by atoms with Gasteiger partial charge in [-0.2, -0.15) is 0 Å². The van der Waals surface area contributed by atoms with Gasteiger partial charge in [0.25, 0.3) is 0 Å². The quantitative estimate of drug-likeness (QED) is 0.818. The average Bonchev–Trinajstić information content (AvgIpc) is 3.05. The molecule has 0 aromatic carbocycles. The van der Waals surface area contributed by atoms with Crippen LogP contribution >= 0.6 is 11.3 Å². The van der Waals surface area contributed by atoms with Crippen LogP contribution in [0.4, 0.5) is 0 Å². The lowest BCUT2D eigenvalue weighted by Gasteiger charge is -2.27. The van der Waals surface area contributed by atoms with Crippen molar-refractivity contribution in [2.75, 3.05) is 39.3 Å². The van der Waals surface area contributed by atoms with E-state index in [1.54, 1.807) is 6.20 Å². The van der Waals surface area contributed by atoms with Crippen molar-refractivity contribution in [2.24, 2.45) is 0 Å². The Labute approximate surface area is 140 Å². The molecule has 2 N–H and O–H groups in total. The fourth-order valence-electron chi connectivity index (χ4n) is 2.51. The number of pyridine rings is 1. The molecule has 0 bridgehead atoms. The van der Waals surface area contributed by atoms with Gasteiger partial charge in [0, 0.05) is 50.8 Å². The maximum Gasteiger partial charge on any atom is 0.226 e. The summed E-state index contributed by atoms with van der Waals surface area (Å²) < 4.78 is 0. The lowest BCUT2D eigenvalue weighted by atomic mass is 10.3. The molecule has 1 fully saturated rings. The first-order chi connectivity index (χ1) is 11.3. The highest BCUT2D eigenvalue weighted by Gasteiger charge is 2.11. The molecule has 0 spiro atoms. The topological polar surface area (TPSA) is 70.2 Å². The van der Waals surface area contributed by atoms with Crippen LogP contribution in [0.5, 0.6) is 0 Å². The largest absolute Gasteiger partial charge is 0.354 e. The Morgan fingerprint density at radius 2 is 2.22 bits per heavy atom. The Hall–Kier alpha value is -1.83. The van der Waals surface area contributed by atoms with Crippen LogP contribution in [0.15, 0.2) is 29.8 Å². The SMILES string of the molecule is O=C(Cc1csc(-c2ccccn2)n1)NCCN1CCNCC1. The molecular weight excluding hydrogens is 310 g/mol. The summed E-state index contributed by atoms with van der Waals surface area (Å²) in [5.74, 6) is 0.0259. The number of thiazole rings is 1.